The zero-order chi connectivity index (χ0) is 26.5. The van der Waals surface area contributed by atoms with Crippen LogP contribution in [0.1, 0.15) is 33.9 Å². The Morgan fingerprint density at radius 3 is 2.38 bits per heavy atom. The maximum absolute atomic E-state index is 13.2. The van der Waals surface area contributed by atoms with Crippen LogP contribution in [0.4, 0.5) is 0 Å². The quantitative estimate of drug-likeness (QED) is 0.238. The number of ketones is 1. The number of esters is 1. The van der Waals surface area contributed by atoms with Crippen molar-refractivity contribution in [2.24, 2.45) is 0 Å². The van der Waals surface area contributed by atoms with E-state index in [1.54, 1.807) is 24.3 Å². The van der Waals surface area contributed by atoms with E-state index < -0.39 is 29.5 Å². The number of nitrogens with zero attached hydrogens (tertiary/aromatic N) is 2. The summed E-state index contributed by atoms with van der Waals surface area (Å²) in [4.78, 5) is 42.0. The van der Waals surface area contributed by atoms with Gasteiger partial charge in [0.1, 0.15) is 17.3 Å². The van der Waals surface area contributed by atoms with Crippen molar-refractivity contribution in [3.63, 3.8) is 0 Å². The minimum atomic E-state index is -0.905. The van der Waals surface area contributed by atoms with Gasteiger partial charge in [-0.2, -0.15) is 0 Å². The van der Waals surface area contributed by atoms with Gasteiger partial charge in [-0.1, -0.05) is 12.1 Å². The highest BCUT2D eigenvalue weighted by Crippen LogP contribution is 2.41. The van der Waals surface area contributed by atoms with Crippen LogP contribution in [0.3, 0.4) is 0 Å². The standard InChI is InChI=1S/C27H30N2O8/c1-35-19-8-9-20(21(30)16-19)24(31)22-23(17-4-6-18(7-5-17)27(34)36-2)29(26(33)25(22)32)11-3-10-28-12-14-37-15-13-28/h4-9,16,23,30-31H,3,10-15H2,1-2H3/t23-/m0/s1. The lowest BCUT2D eigenvalue weighted by Gasteiger charge is -2.29. The van der Waals surface area contributed by atoms with Crippen molar-refractivity contribution >= 4 is 23.4 Å². The Morgan fingerprint density at radius 1 is 1.05 bits per heavy atom. The Balaban J connectivity index is 1.71. The summed E-state index contributed by atoms with van der Waals surface area (Å²) in [6.45, 7) is 3.91. The highest BCUT2D eigenvalue weighted by Gasteiger charge is 2.46. The number of methoxy groups -OCH3 is 2. The van der Waals surface area contributed by atoms with Crippen LogP contribution in [0.5, 0.6) is 11.5 Å². The van der Waals surface area contributed by atoms with Crippen LogP contribution in [0.2, 0.25) is 0 Å². The first-order valence-electron chi connectivity index (χ1n) is 12.0. The number of rotatable bonds is 8. The van der Waals surface area contributed by atoms with Gasteiger partial charge in [0.15, 0.2) is 0 Å². The average Bonchev–Trinajstić information content (AvgIpc) is 3.18. The van der Waals surface area contributed by atoms with Gasteiger partial charge in [-0.25, -0.2) is 4.79 Å². The van der Waals surface area contributed by atoms with E-state index in [0.29, 0.717) is 36.5 Å². The van der Waals surface area contributed by atoms with E-state index in [9.17, 15) is 24.6 Å². The lowest BCUT2D eigenvalue weighted by atomic mass is 9.94. The monoisotopic (exact) mass is 510 g/mol. The van der Waals surface area contributed by atoms with Crippen molar-refractivity contribution in [3.05, 3.63) is 64.7 Å². The molecule has 0 unspecified atom stereocenters. The van der Waals surface area contributed by atoms with E-state index in [1.807, 2.05) is 0 Å². The van der Waals surface area contributed by atoms with Crippen LogP contribution in [0, 0.1) is 0 Å². The Morgan fingerprint density at radius 2 is 1.76 bits per heavy atom. The van der Waals surface area contributed by atoms with Crippen LogP contribution < -0.4 is 4.74 Å². The summed E-state index contributed by atoms with van der Waals surface area (Å²) in [6, 6.07) is 9.70. The van der Waals surface area contributed by atoms with Gasteiger partial charge in [0.25, 0.3) is 11.7 Å². The number of ether oxygens (including phenoxy) is 3. The zero-order valence-corrected chi connectivity index (χ0v) is 20.8. The van der Waals surface area contributed by atoms with Crippen molar-refractivity contribution in [1.29, 1.82) is 0 Å². The minimum Gasteiger partial charge on any atom is -0.507 e. The lowest BCUT2D eigenvalue weighted by Crippen LogP contribution is -2.39. The maximum atomic E-state index is 13.2. The molecule has 10 heteroatoms. The van der Waals surface area contributed by atoms with E-state index >= 15 is 0 Å². The molecule has 2 aliphatic heterocycles. The van der Waals surface area contributed by atoms with Gasteiger partial charge >= 0.3 is 5.97 Å². The summed E-state index contributed by atoms with van der Waals surface area (Å²) in [5.41, 5.74) is 0.710. The largest absolute Gasteiger partial charge is 0.507 e. The van der Waals surface area contributed by atoms with Gasteiger partial charge in [-0.15, -0.1) is 0 Å². The van der Waals surface area contributed by atoms with Gasteiger partial charge < -0.3 is 29.3 Å². The first-order valence-corrected chi connectivity index (χ1v) is 12.0. The third-order valence-electron chi connectivity index (χ3n) is 6.62. The average molecular weight is 511 g/mol. The Labute approximate surface area is 214 Å². The molecule has 0 radical (unpaired) electrons. The smallest absolute Gasteiger partial charge is 0.337 e. The summed E-state index contributed by atoms with van der Waals surface area (Å²) in [5, 5.41) is 21.7. The molecule has 2 N–H and O–H groups in total. The molecule has 2 fully saturated rings. The third kappa shape index (κ3) is 5.45. The summed E-state index contributed by atoms with van der Waals surface area (Å²) in [6.07, 6.45) is 0.609. The van der Waals surface area contributed by atoms with E-state index in [1.165, 1.54) is 37.3 Å². The van der Waals surface area contributed by atoms with Gasteiger partial charge in [0.2, 0.25) is 0 Å². The third-order valence-corrected chi connectivity index (χ3v) is 6.62. The summed E-state index contributed by atoms with van der Waals surface area (Å²) in [5.74, 6) is -2.52. The van der Waals surface area contributed by atoms with Gasteiger partial charge in [0, 0.05) is 32.2 Å². The number of phenols is 1. The van der Waals surface area contributed by atoms with Crippen molar-refractivity contribution in [3.8, 4) is 11.5 Å². The molecule has 2 heterocycles. The highest BCUT2D eigenvalue weighted by molar-refractivity contribution is 6.46. The van der Waals surface area contributed by atoms with E-state index in [-0.39, 0.29) is 23.4 Å². The molecule has 0 aliphatic carbocycles. The SMILES string of the molecule is COC(=O)c1ccc([C@H]2C(=C(O)c3ccc(OC)cc3O)C(=O)C(=O)N2CCCN2CCOCC2)cc1. The zero-order valence-electron chi connectivity index (χ0n) is 20.8. The molecular weight excluding hydrogens is 480 g/mol. The Bertz CT molecular complexity index is 1200. The highest BCUT2D eigenvalue weighted by atomic mass is 16.5. The maximum Gasteiger partial charge on any atom is 0.337 e. The second-order valence-electron chi connectivity index (χ2n) is 8.80. The van der Waals surface area contributed by atoms with Gasteiger partial charge in [-0.05, 0) is 36.2 Å². The number of Topliss-reactive ketones (excluding diaryl/α,β-unsaturated/α-hetero) is 1. The number of benzene rings is 2. The molecule has 196 valence electrons. The predicted molar refractivity (Wildman–Crippen MR) is 133 cm³/mol. The van der Waals surface area contributed by atoms with E-state index in [4.69, 9.17) is 14.2 Å². The Kier molecular flexibility index (Phi) is 8.10. The number of amides is 1. The van der Waals surface area contributed by atoms with Gasteiger partial charge in [0.05, 0.1) is 50.2 Å². The number of carbonyl (C=O) groups excluding carboxylic acids is 3. The molecule has 0 aromatic heterocycles. The molecule has 1 atom stereocenters. The van der Waals surface area contributed by atoms with Crippen LogP contribution in [-0.2, 0) is 19.1 Å². The number of hydrogen-bond donors (Lipinski definition) is 2. The van der Waals surface area contributed by atoms with Crippen LogP contribution in [0.25, 0.3) is 5.76 Å². The second-order valence-corrected chi connectivity index (χ2v) is 8.80. The molecule has 2 aliphatic rings. The van der Waals surface area contributed by atoms with Crippen LogP contribution in [0.15, 0.2) is 48.0 Å². The number of phenolic OH excluding ortho intramolecular Hbond substituents is 1. The minimum absolute atomic E-state index is 0.00305. The number of aliphatic hydroxyl groups is 1. The van der Waals surface area contributed by atoms with Gasteiger partial charge in [-0.3, -0.25) is 14.5 Å². The number of hydrogen-bond acceptors (Lipinski definition) is 9. The molecule has 2 aromatic rings. The number of likely N-dealkylation sites (tertiary alicyclic amines) is 1. The van der Waals surface area contributed by atoms with Crippen molar-refractivity contribution in [2.75, 3.05) is 53.6 Å². The molecule has 10 nitrogen and oxygen atoms in total. The topological polar surface area (TPSA) is 126 Å². The molecule has 1 amide bonds. The fourth-order valence-electron chi connectivity index (χ4n) is 4.65. The molecular formula is C27H30N2O8. The molecule has 0 saturated carbocycles. The number of morpholine rings is 1. The van der Waals surface area contributed by atoms with Crippen molar-refractivity contribution in [2.45, 2.75) is 12.5 Å². The van der Waals surface area contributed by atoms with Crippen LogP contribution >= 0.6 is 0 Å². The number of carbonyl (C=O) groups is 3. The molecule has 0 spiro atoms. The molecule has 4 rings (SSSR count). The first-order chi connectivity index (χ1) is 17.8. The fraction of sp³-hybridized carbons (Fsp3) is 0.370. The van der Waals surface area contributed by atoms with Crippen molar-refractivity contribution in [1.82, 2.24) is 9.80 Å². The first kappa shape index (κ1) is 26.2. The molecule has 2 saturated heterocycles. The fourth-order valence-corrected chi connectivity index (χ4v) is 4.65. The molecule has 2 aromatic carbocycles. The van der Waals surface area contributed by atoms with Crippen LogP contribution in [-0.4, -0.2) is 91.3 Å². The summed E-state index contributed by atoms with van der Waals surface area (Å²) >= 11 is 0. The summed E-state index contributed by atoms with van der Waals surface area (Å²) in [7, 11) is 2.72. The van der Waals surface area contributed by atoms with Crippen molar-refractivity contribution < 1.29 is 38.8 Å². The lowest BCUT2D eigenvalue weighted by molar-refractivity contribution is -0.140. The van der Waals surface area contributed by atoms with E-state index in [2.05, 4.69) is 4.90 Å². The van der Waals surface area contributed by atoms with E-state index in [0.717, 1.165) is 19.6 Å². The molecule has 0 bridgehead atoms. The Hall–Kier alpha value is -3.89. The second kappa shape index (κ2) is 11.4. The summed E-state index contributed by atoms with van der Waals surface area (Å²) < 4.78 is 15.2. The predicted octanol–water partition coefficient (Wildman–Crippen LogP) is 2.33. The molecule has 37 heavy (non-hydrogen) atoms. The normalized spacial score (nSPS) is 19.7. The number of aromatic hydroxyl groups is 1. The number of aliphatic hydroxyl groups excluding tert-OH is 1.